The first kappa shape index (κ1) is 43.1. The molecule has 3 aliphatic heterocycles. The van der Waals surface area contributed by atoms with Crippen molar-refractivity contribution in [3.63, 3.8) is 0 Å². The Bertz CT molecular complexity index is 2950. The van der Waals surface area contributed by atoms with Gasteiger partial charge in [-0.2, -0.15) is 0 Å². The number of benzene rings is 6. The molecular formula is C61H60N2O4. The number of rotatable bonds is 11. The second-order valence-electron chi connectivity index (χ2n) is 19.8. The Morgan fingerprint density at radius 1 is 0.731 bits per heavy atom. The highest BCUT2D eigenvalue weighted by Crippen LogP contribution is 2.58. The molecule has 3 N–H and O–H groups in total. The molecule has 5 unspecified atom stereocenters. The van der Waals surface area contributed by atoms with Crippen LogP contribution >= 0.6 is 0 Å². The summed E-state index contributed by atoms with van der Waals surface area (Å²) in [4.78, 5) is 0. The lowest BCUT2D eigenvalue weighted by atomic mass is 9.77. The van der Waals surface area contributed by atoms with Crippen LogP contribution in [0.2, 0.25) is 0 Å². The quantitative estimate of drug-likeness (QED) is 0.113. The molecule has 0 amide bonds. The number of nitrogens with one attached hydrogen (secondary N) is 2. The highest BCUT2D eigenvalue weighted by atomic mass is 16.5. The van der Waals surface area contributed by atoms with Crippen LogP contribution in [0.25, 0.3) is 28.0 Å². The summed E-state index contributed by atoms with van der Waals surface area (Å²) in [5.41, 5.74) is 9.48. The predicted molar refractivity (Wildman–Crippen MR) is 271 cm³/mol. The van der Waals surface area contributed by atoms with Gasteiger partial charge in [-0.05, 0) is 175 Å². The highest BCUT2D eigenvalue weighted by Gasteiger charge is 2.44. The lowest BCUT2D eigenvalue weighted by Gasteiger charge is -2.38. The Morgan fingerprint density at radius 3 is 2.10 bits per heavy atom. The van der Waals surface area contributed by atoms with Gasteiger partial charge >= 0.3 is 0 Å². The summed E-state index contributed by atoms with van der Waals surface area (Å²) in [6.07, 6.45) is 20.7. The standard InChI is InChI=1S/C61H60N2O4/c1-60(2)54-16-9-8-15-51(54)57-50-32-31-49(65-3)37-53(50)59-52(58(57)60)35-36-61(67-59,44-21-25-46(64)26-22-44)45-23-29-48(30-24-45)66-47-27-19-43(20-28-47)56-34-18-41(39-63-56)12-10-11-40-17-33-55(62-38-40)42-13-6-4-5-7-14-42/h6,8-9,13-16,19-32,35-37,40-41,55-56,62-64H,7,10-12,17-18,33-34,38-39H2,1-3H3. The van der Waals surface area contributed by atoms with Crippen molar-refractivity contribution < 1.29 is 19.3 Å². The van der Waals surface area contributed by atoms with Gasteiger partial charge < -0.3 is 30.0 Å². The van der Waals surface area contributed by atoms with Crippen LogP contribution in [0, 0.1) is 23.7 Å². The van der Waals surface area contributed by atoms with Gasteiger partial charge in [-0.25, -0.2) is 0 Å². The van der Waals surface area contributed by atoms with Crippen LogP contribution in [-0.4, -0.2) is 31.3 Å². The molecule has 0 bridgehead atoms. The Hall–Kier alpha value is -6.52. The van der Waals surface area contributed by atoms with Gasteiger partial charge in [0.1, 0.15) is 28.7 Å². The second kappa shape index (κ2) is 17.9. The van der Waals surface area contributed by atoms with Gasteiger partial charge in [0.05, 0.1) is 7.11 Å². The molecule has 5 aliphatic rings. The maximum Gasteiger partial charge on any atom is 0.178 e. The van der Waals surface area contributed by atoms with Crippen LogP contribution in [0.15, 0.2) is 145 Å². The zero-order chi connectivity index (χ0) is 45.5. The number of fused-ring (bicyclic) bond motifs is 8. The van der Waals surface area contributed by atoms with Gasteiger partial charge in [0.15, 0.2) is 5.60 Å². The van der Waals surface area contributed by atoms with E-state index < -0.39 is 5.60 Å². The van der Waals surface area contributed by atoms with Gasteiger partial charge in [0.25, 0.3) is 0 Å². The molecule has 2 fully saturated rings. The molecule has 6 aromatic rings. The average Bonchev–Trinajstić information content (AvgIpc) is 3.50. The molecule has 3 heterocycles. The molecule has 0 radical (unpaired) electrons. The van der Waals surface area contributed by atoms with E-state index in [0.29, 0.717) is 12.1 Å². The number of piperidine rings is 2. The third kappa shape index (κ3) is 8.13. The molecule has 67 heavy (non-hydrogen) atoms. The van der Waals surface area contributed by atoms with Crippen LogP contribution in [-0.2, 0) is 11.0 Å². The van der Waals surface area contributed by atoms with Crippen molar-refractivity contribution in [2.24, 2.45) is 11.8 Å². The number of phenolic OH excluding ortho intramolecular Hbond substituents is 1. The largest absolute Gasteiger partial charge is 0.508 e. The van der Waals surface area contributed by atoms with Crippen molar-refractivity contribution in [3.05, 3.63) is 179 Å². The summed E-state index contributed by atoms with van der Waals surface area (Å²) in [6.45, 7) is 6.84. The van der Waals surface area contributed by atoms with Crippen molar-refractivity contribution >= 4 is 16.8 Å². The van der Waals surface area contributed by atoms with E-state index in [1.807, 2.05) is 36.4 Å². The number of hydrogen-bond acceptors (Lipinski definition) is 6. The number of methoxy groups -OCH3 is 1. The first-order chi connectivity index (χ1) is 32.8. The minimum absolute atomic E-state index is 0.204. The van der Waals surface area contributed by atoms with E-state index in [4.69, 9.17) is 14.2 Å². The lowest BCUT2D eigenvalue weighted by Crippen LogP contribution is -2.40. The molecular weight excluding hydrogens is 825 g/mol. The van der Waals surface area contributed by atoms with Crippen LogP contribution in [0.4, 0.5) is 0 Å². The van der Waals surface area contributed by atoms with E-state index in [2.05, 4.69) is 133 Å². The number of allylic oxidation sites excluding steroid dienone is 2. The smallest absolute Gasteiger partial charge is 0.178 e. The highest BCUT2D eigenvalue weighted by molar-refractivity contribution is 6.09. The van der Waals surface area contributed by atoms with E-state index in [9.17, 15) is 5.11 Å². The number of ether oxygens (including phenoxy) is 3. The van der Waals surface area contributed by atoms with Gasteiger partial charge in [-0.15, -0.1) is 0 Å². The molecule has 6 aromatic carbocycles. The Kier molecular flexibility index (Phi) is 11.5. The molecule has 11 rings (SSSR count). The van der Waals surface area contributed by atoms with E-state index in [1.165, 1.54) is 71.9 Å². The van der Waals surface area contributed by atoms with E-state index >= 15 is 0 Å². The SMILES string of the molecule is COc1ccc2c3c(c4c(c2c1)OC(c1ccc(O)cc1)(c1ccc(Oc2ccc(C5CCC(CCCC6CCC(C7=CCC#CC=C7)NC6)CN5)cc2)cc1)C=C4)C(C)(C)c1ccccc1-3. The number of aromatic hydroxyl groups is 1. The van der Waals surface area contributed by atoms with E-state index in [0.717, 1.165) is 88.2 Å². The fourth-order valence-electron chi connectivity index (χ4n) is 11.8. The van der Waals surface area contributed by atoms with Gasteiger partial charge in [-0.3, -0.25) is 0 Å². The van der Waals surface area contributed by atoms with Crippen molar-refractivity contribution in [1.29, 1.82) is 0 Å². The first-order valence-corrected chi connectivity index (χ1v) is 24.4. The minimum Gasteiger partial charge on any atom is -0.508 e. The normalized spacial score (nSPS) is 23.4. The Morgan fingerprint density at radius 2 is 1.40 bits per heavy atom. The molecule has 0 spiro atoms. The van der Waals surface area contributed by atoms with Crippen molar-refractivity contribution in [3.8, 4) is 51.7 Å². The van der Waals surface area contributed by atoms with Crippen LogP contribution in [0.3, 0.4) is 0 Å². The third-order valence-electron chi connectivity index (χ3n) is 15.4. The fraction of sp³-hybridized carbons (Fsp3) is 0.311. The summed E-state index contributed by atoms with van der Waals surface area (Å²) in [5.74, 6) is 11.1. The molecule has 5 atom stereocenters. The van der Waals surface area contributed by atoms with Crippen LogP contribution < -0.4 is 24.8 Å². The van der Waals surface area contributed by atoms with Crippen molar-refractivity contribution in [1.82, 2.24) is 10.6 Å². The van der Waals surface area contributed by atoms with E-state index in [-0.39, 0.29) is 11.2 Å². The van der Waals surface area contributed by atoms with Crippen LogP contribution in [0.5, 0.6) is 28.7 Å². The van der Waals surface area contributed by atoms with Gasteiger partial charge in [0, 0.05) is 46.0 Å². The molecule has 0 saturated carbocycles. The van der Waals surface area contributed by atoms with Crippen molar-refractivity contribution in [2.45, 2.75) is 88.3 Å². The summed E-state index contributed by atoms with van der Waals surface area (Å²) < 4.78 is 19.8. The number of phenols is 1. The molecule has 2 aliphatic carbocycles. The molecule has 338 valence electrons. The summed E-state index contributed by atoms with van der Waals surface area (Å²) in [5, 5.41) is 20.2. The third-order valence-corrected chi connectivity index (χ3v) is 15.4. The second-order valence-corrected chi connectivity index (χ2v) is 19.8. The van der Waals surface area contributed by atoms with Crippen LogP contribution in [0.1, 0.15) is 105 Å². The monoisotopic (exact) mass is 884 g/mol. The maximum atomic E-state index is 10.4. The summed E-state index contributed by atoms with van der Waals surface area (Å²) in [6, 6.07) is 40.1. The lowest BCUT2D eigenvalue weighted by molar-refractivity contribution is 0.163. The maximum absolute atomic E-state index is 10.4. The summed E-state index contributed by atoms with van der Waals surface area (Å²) in [7, 11) is 1.71. The predicted octanol–water partition coefficient (Wildman–Crippen LogP) is 13.5. The van der Waals surface area contributed by atoms with E-state index in [1.54, 1.807) is 19.2 Å². The van der Waals surface area contributed by atoms with Crippen molar-refractivity contribution in [2.75, 3.05) is 20.2 Å². The molecule has 6 nitrogen and oxygen atoms in total. The zero-order valence-corrected chi connectivity index (χ0v) is 38.9. The molecule has 0 aromatic heterocycles. The fourth-order valence-corrected chi connectivity index (χ4v) is 11.8. The Labute approximate surface area is 395 Å². The Balaban J connectivity index is 0.765. The average molecular weight is 885 g/mol. The zero-order valence-electron chi connectivity index (χ0n) is 38.9. The van der Waals surface area contributed by atoms with Gasteiger partial charge in [0.2, 0.25) is 0 Å². The number of hydrogen-bond donors (Lipinski definition) is 3. The van der Waals surface area contributed by atoms with Gasteiger partial charge in [-0.1, -0.05) is 105 Å². The topological polar surface area (TPSA) is 72.0 Å². The summed E-state index contributed by atoms with van der Waals surface area (Å²) >= 11 is 0. The molecule has 2 saturated heterocycles. The first-order valence-electron chi connectivity index (χ1n) is 24.4. The molecule has 6 heteroatoms. The minimum atomic E-state index is -0.996.